The SMILES string of the molecule is CCOC(=O)[C@H](C)NC(=O)c1cccc(-c2ccc3oc(-c4ccc(F)cc4)c(C(=O)CC)c3c2)c1. The average molecular weight is 488 g/mol. The Balaban J connectivity index is 1.72. The molecule has 0 unspecified atom stereocenters. The molecule has 1 N–H and O–H groups in total. The minimum atomic E-state index is -0.782. The number of fused-ring (bicyclic) bond motifs is 1. The summed E-state index contributed by atoms with van der Waals surface area (Å²) in [5.74, 6) is -0.970. The maximum atomic E-state index is 13.5. The van der Waals surface area contributed by atoms with Crippen molar-refractivity contribution in [2.75, 3.05) is 6.61 Å². The lowest BCUT2D eigenvalue weighted by Gasteiger charge is -2.13. The van der Waals surface area contributed by atoms with E-state index in [9.17, 15) is 18.8 Å². The Morgan fingerprint density at radius 3 is 2.33 bits per heavy atom. The third-order valence-corrected chi connectivity index (χ3v) is 5.84. The Bertz CT molecular complexity index is 1440. The number of ether oxygens (including phenoxy) is 1. The number of furan rings is 1. The van der Waals surface area contributed by atoms with E-state index in [1.807, 2.05) is 18.2 Å². The van der Waals surface area contributed by atoms with Crippen LogP contribution in [0.3, 0.4) is 0 Å². The average Bonchev–Trinajstić information content (AvgIpc) is 3.27. The van der Waals surface area contributed by atoms with Gasteiger partial charge in [-0.1, -0.05) is 25.1 Å². The molecule has 0 fully saturated rings. The second kappa shape index (κ2) is 10.6. The summed E-state index contributed by atoms with van der Waals surface area (Å²) in [6.45, 7) is 5.28. The van der Waals surface area contributed by atoms with Crippen molar-refractivity contribution in [1.29, 1.82) is 0 Å². The molecule has 0 bridgehead atoms. The highest BCUT2D eigenvalue weighted by Gasteiger charge is 2.22. The summed E-state index contributed by atoms with van der Waals surface area (Å²) < 4.78 is 24.4. The third-order valence-electron chi connectivity index (χ3n) is 5.84. The highest BCUT2D eigenvalue weighted by atomic mass is 19.1. The Morgan fingerprint density at radius 1 is 0.944 bits per heavy atom. The number of carbonyl (C=O) groups is 3. The number of esters is 1. The van der Waals surface area contributed by atoms with E-state index in [4.69, 9.17) is 9.15 Å². The molecule has 6 nitrogen and oxygen atoms in total. The number of nitrogens with one attached hydrogen (secondary N) is 1. The molecule has 4 rings (SSSR count). The van der Waals surface area contributed by atoms with Gasteiger partial charge in [0.25, 0.3) is 5.91 Å². The fourth-order valence-electron chi connectivity index (χ4n) is 3.98. The highest BCUT2D eigenvalue weighted by molar-refractivity contribution is 6.12. The number of benzene rings is 3. The monoisotopic (exact) mass is 487 g/mol. The molecule has 1 amide bonds. The van der Waals surface area contributed by atoms with Crippen molar-refractivity contribution in [3.8, 4) is 22.5 Å². The Labute approximate surface area is 208 Å². The first kappa shape index (κ1) is 24.9. The molecule has 3 aromatic carbocycles. The molecule has 0 aliphatic heterocycles. The van der Waals surface area contributed by atoms with Gasteiger partial charge >= 0.3 is 5.97 Å². The van der Waals surface area contributed by atoms with E-state index in [1.54, 1.807) is 57.2 Å². The van der Waals surface area contributed by atoms with Gasteiger partial charge in [0, 0.05) is 22.9 Å². The Kier molecular flexibility index (Phi) is 7.29. The van der Waals surface area contributed by atoms with Gasteiger partial charge in [-0.15, -0.1) is 0 Å². The maximum Gasteiger partial charge on any atom is 0.328 e. The predicted molar refractivity (Wildman–Crippen MR) is 135 cm³/mol. The van der Waals surface area contributed by atoms with Gasteiger partial charge in [0.05, 0.1) is 12.2 Å². The summed E-state index contributed by atoms with van der Waals surface area (Å²) in [4.78, 5) is 37.5. The van der Waals surface area contributed by atoms with Crippen molar-refractivity contribution < 1.29 is 27.9 Å². The normalized spacial score (nSPS) is 11.8. The number of hydrogen-bond acceptors (Lipinski definition) is 5. The molecule has 1 heterocycles. The summed E-state index contributed by atoms with van der Waals surface area (Å²) in [5.41, 5.74) is 3.51. The van der Waals surface area contributed by atoms with E-state index in [2.05, 4.69) is 5.32 Å². The molecule has 0 aliphatic carbocycles. The van der Waals surface area contributed by atoms with Crippen molar-refractivity contribution in [3.63, 3.8) is 0 Å². The first-order valence-electron chi connectivity index (χ1n) is 11.8. The van der Waals surface area contributed by atoms with Crippen molar-refractivity contribution in [2.24, 2.45) is 0 Å². The fraction of sp³-hybridized carbons (Fsp3) is 0.207. The molecule has 0 aliphatic rings. The quantitative estimate of drug-likeness (QED) is 0.237. The van der Waals surface area contributed by atoms with Crippen LogP contribution in [0.1, 0.15) is 47.9 Å². The van der Waals surface area contributed by atoms with E-state index in [-0.39, 0.29) is 24.6 Å². The van der Waals surface area contributed by atoms with Gasteiger partial charge in [-0.3, -0.25) is 9.59 Å². The van der Waals surface area contributed by atoms with Crippen molar-refractivity contribution >= 4 is 28.6 Å². The van der Waals surface area contributed by atoms with Crippen LogP contribution in [0.4, 0.5) is 4.39 Å². The van der Waals surface area contributed by atoms with Crippen LogP contribution in [-0.2, 0) is 9.53 Å². The van der Waals surface area contributed by atoms with Gasteiger partial charge in [-0.05, 0) is 73.5 Å². The van der Waals surface area contributed by atoms with Crippen LogP contribution in [0.2, 0.25) is 0 Å². The fourth-order valence-corrected chi connectivity index (χ4v) is 3.98. The summed E-state index contributed by atoms with van der Waals surface area (Å²) in [6, 6.07) is 17.5. The molecule has 36 heavy (non-hydrogen) atoms. The predicted octanol–water partition coefficient (Wildman–Crippen LogP) is 6.18. The topological polar surface area (TPSA) is 85.6 Å². The molecule has 0 saturated carbocycles. The molecule has 0 spiro atoms. The third kappa shape index (κ3) is 5.05. The van der Waals surface area contributed by atoms with E-state index < -0.39 is 17.9 Å². The van der Waals surface area contributed by atoms with Crippen LogP contribution in [0.5, 0.6) is 0 Å². The van der Waals surface area contributed by atoms with Gasteiger partial charge in [0.15, 0.2) is 5.78 Å². The molecule has 184 valence electrons. The van der Waals surface area contributed by atoms with Crippen LogP contribution in [0, 0.1) is 5.82 Å². The van der Waals surface area contributed by atoms with Gasteiger partial charge in [-0.25, -0.2) is 9.18 Å². The van der Waals surface area contributed by atoms with Crippen LogP contribution < -0.4 is 5.32 Å². The number of halogens is 1. The zero-order valence-corrected chi connectivity index (χ0v) is 20.3. The number of Topliss-reactive ketones (excluding diaryl/α,β-unsaturated/α-hetero) is 1. The first-order chi connectivity index (χ1) is 17.3. The summed E-state index contributed by atoms with van der Waals surface area (Å²) >= 11 is 0. The largest absolute Gasteiger partial charge is 0.464 e. The van der Waals surface area contributed by atoms with Gasteiger partial charge in [0.2, 0.25) is 0 Å². The van der Waals surface area contributed by atoms with E-state index in [0.717, 1.165) is 11.1 Å². The smallest absolute Gasteiger partial charge is 0.328 e. The molecule has 7 heteroatoms. The summed E-state index contributed by atoms with van der Waals surface area (Å²) in [6.07, 6.45) is 0.279. The lowest BCUT2D eigenvalue weighted by Crippen LogP contribution is -2.39. The van der Waals surface area contributed by atoms with Crippen LogP contribution in [-0.4, -0.2) is 30.3 Å². The second-order valence-electron chi connectivity index (χ2n) is 8.33. The molecule has 1 atom stereocenters. The van der Waals surface area contributed by atoms with Gasteiger partial charge < -0.3 is 14.5 Å². The number of amides is 1. The Hall–Kier alpha value is -4.26. The lowest BCUT2D eigenvalue weighted by molar-refractivity contribution is -0.144. The van der Waals surface area contributed by atoms with Crippen molar-refractivity contribution in [2.45, 2.75) is 33.2 Å². The minimum Gasteiger partial charge on any atom is -0.464 e. The van der Waals surface area contributed by atoms with Crippen LogP contribution in [0.15, 0.2) is 71.1 Å². The van der Waals surface area contributed by atoms with Crippen molar-refractivity contribution in [3.05, 3.63) is 83.7 Å². The lowest BCUT2D eigenvalue weighted by atomic mass is 9.97. The minimum absolute atomic E-state index is 0.0914. The number of ketones is 1. The van der Waals surface area contributed by atoms with E-state index in [1.165, 1.54) is 12.1 Å². The summed E-state index contributed by atoms with van der Waals surface area (Å²) in [5, 5.41) is 3.29. The second-order valence-corrected chi connectivity index (χ2v) is 8.33. The van der Waals surface area contributed by atoms with Gasteiger partial charge in [0.1, 0.15) is 23.2 Å². The number of hydrogen-bond donors (Lipinski definition) is 1. The zero-order valence-electron chi connectivity index (χ0n) is 20.3. The summed E-state index contributed by atoms with van der Waals surface area (Å²) in [7, 11) is 0. The standard InChI is InChI=1S/C29H26FNO5/c1-4-24(32)26-23-16-20(11-14-25(23)36-27(26)18-9-12-22(30)13-10-18)19-7-6-8-21(15-19)28(33)31-17(3)29(34)35-5-2/h6-17H,4-5H2,1-3H3,(H,31,33)/t17-/m0/s1. The molecule has 0 radical (unpaired) electrons. The molecular weight excluding hydrogens is 461 g/mol. The van der Waals surface area contributed by atoms with Crippen LogP contribution >= 0.6 is 0 Å². The van der Waals surface area contributed by atoms with E-state index >= 15 is 0 Å². The molecular formula is C29H26FNO5. The molecule has 1 aromatic heterocycles. The number of carbonyl (C=O) groups excluding carboxylic acids is 3. The molecule has 0 saturated heterocycles. The zero-order chi connectivity index (χ0) is 25.8. The number of rotatable bonds is 8. The first-order valence-corrected chi connectivity index (χ1v) is 11.8. The van der Waals surface area contributed by atoms with Crippen molar-refractivity contribution in [1.82, 2.24) is 5.32 Å². The highest BCUT2D eigenvalue weighted by Crippen LogP contribution is 2.37. The van der Waals surface area contributed by atoms with E-state index in [0.29, 0.717) is 33.4 Å². The molecule has 4 aromatic rings. The van der Waals surface area contributed by atoms with Crippen LogP contribution in [0.25, 0.3) is 33.4 Å². The van der Waals surface area contributed by atoms with Gasteiger partial charge in [-0.2, -0.15) is 0 Å². The maximum absolute atomic E-state index is 13.5. The Morgan fingerprint density at radius 2 is 1.64 bits per heavy atom.